The number of alkyl halides is 1. The molecule has 0 aliphatic heterocycles. The Morgan fingerprint density at radius 2 is 1.92 bits per heavy atom. The summed E-state index contributed by atoms with van der Waals surface area (Å²) in [6, 6.07) is 16.2. The van der Waals surface area contributed by atoms with Gasteiger partial charge in [-0.15, -0.1) is 11.3 Å². The summed E-state index contributed by atoms with van der Waals surface area (Å²) in [6.07, 6.45) is 1.37. The summed E-state index contributed by atoms with van der Waals surface area (Å²) in [5.74, 6) is 0.626. The lowest BCUT2D eigenvalue weighted by Crippen LogP contribution is -2.26. The number of aromatic nitrogens is 2. The Morgan fingerprint density at radius 1 is 1.12 bits per heavy atom. The van der Waals surface area contributed by atoms with Crippen molar-refractivity contribution in [3.63, 3.8) is 0 Å². The second-order valence-corrected chi connectivity index (χ2v) is 7.39. The van der Waals surface area contributed by atoms with Crippen LogP contribution in [0.5, 0.6) is 0 Å². The molecule has 5 heteroatoms. The number of thiophene rings is 1. The Labute approximate surface area is 154 Å². The summed E-state index contributed by atoms with van der Waals surface area (Å²) in [5.41, 5.74) is 0.952. The smallest absolute Gasteiger partial charge is 0.262 e. The molecule has 3 nitrogen and oxygen atoms in total. The first-order valence-electron chi connectivity index (χ1n) is 8.76. The van der Waals surface area contributed by atoms with Crippen LogP contribution in [0.2, 0.25) is 0 Å². The Balaban J connectivity index is 1.89. The molecule has 4 rings (SSSR count). The Hall–Kier alpha value is -2.53. The van der Waals surface area contributed by atoms with E-state index >= 15 is 0 Å². The van der Waals surface area contributed by atoms with Crippen molar-refractivity contribution in [2.45, 2.75) is 26.3 Å². The number of hydrogen-bond donors (Lipinski definition) is 0. The fourth-order valence-corrected chi connectivity index (χ4v) is 4.33. The zero-order valence-corrected chi connectivity index (χ0v) is 15.4. The summed E-state index contributed by atoms with van der Waals surface area (Å²) >= 11 is 1.55. The number of rotatable bonds is 5. The Kier molecular flexibility index (Phi) is 4.55. The number of fused-ring (bicyclic) bond motifs is 2. The van der Waals surface area contributed by atoms with E-state index in [-0.39, 0.29) is 12.1 Å². The number of nitrogens with zero attached hydrogens (tertiary/aromatic N) is 2. The van der Waals surface area contributed by atoms with Gasteiger partial charge in [0, 0.05) is 11.3 Å². The van der Waals surface area contributed by atoms with E-state index in [1.165, 1.54) is 4.57 Å². The van der Waals surface area contributed by atoms with E-state index in [2.05, 4.69) is 25.1 Å². The molecule has 0 N–H and O–H groups in total. The topological polar surface area (TPSA) is 34.9 Å². The molecule has 132 valence electrons. The number of benzene rings is 2. The van der Waals surface area contributed by atoms with E-state index < -0.39 is 6.67 Å². The van der Waals surface area contributed by atoms with Crippen LogP contribution in [0.15, 0.2) is 53.3 Å². The fraction of sp³-hybridized carbons (Fsp3) is 0.238. The minimum atomic E-state index is -0.583. The van der Waals surface area contributed by atoms with Gasteiger partial charge in [-0.3, -0.25) is 9.36 Å². The standard InChI is InChI=1S/C21H19FN2OS/c1-2-16-13-18-20(26-16)23-19(24(11-10-22)21(18)25)12-15-8-5-7-14-6-3-4-9-17(14)15/h3-9,13H,2,10-12H2,1H3. The zero-order chi connectivity index (χ0) is 18.1. The highest BCUT2D eigenvalue weighted by molar-refractivity contribution is 7.18. The Bertz CT molecular complexity index is 1140. The summed E-state index contributed by atoms with van der Waals surface area (Å²) < 4.78 is 14.6. The lowest BCUT2D eigenvalue weighted by atomic mass is 10.0. The molecule has 0 aliphatic carbocycles. The number of aryl methyl sites for hydroxylation is 1. The summed E-state index contributed by atoms with van der Waals surface area (Å²) in [6.45, 7) is 1.52. The van der Waals surface area contributed by atoms with Gasteiger partial charge in [-0.25, -0.2) is 9.37 Å². The van der Waals surface area contributed by atoms with Gasteiger partial charge in [0.2, 0.25) is 0 Å². The SMILES string of the molecule is CCc1cc2c(=O)n(CCF)c(Cc3cccc4ccccc34)nc2s1. The van der Waals surface area contributed by atoms with Crippen LogP contribution in [0.25, 0.3) is 21.0 Å². The Morgan fingerprint density at radius 3 is 2.73 bits per heavy atom. The predicted octanol–water partition coefficient (Wildman–Crippen LogP) is 4.73. The van der Waals surface area contributed by atoms with Crippen molar-refractivity contribution in [1.29, 1.82) is 0 Å². The van der Waals surface area contributed by atoms with Gasteiger partial charge < -0.3 is 0 Å². The minimum absolute atomic E-state index is 0.0409. The van der Waals surface area contributed by atoms with Gasteiger partial charge >= 0.3 is 0 Å². The molecular weight excluding hydrogens is 347 g/mol. The van der Waals surface area contributed by atoms with Gasteiger partial charge in [0.05, 0.1) is 11.9 Å². The van der Waals surface area contributed by atoms with Gasteiger partial charge in [-0.1, -0.05) is 49.4 Å². The molecule has 0 amide bonds. The second-order valence-electron chi connectivity index (χ2n) is 6.27. The average molecular weight is 366 g/mol. The maximum atomic E-state index is 13.1. The highest BCUT2D eigenvalue weighted by atomic mass is 32.1. The third kappa shape index (κ3) is 2.92. The highest BCUT2D eigenvalue weighted by Crippen LogP contribution is 2.24. The molecule has 2 aromatic heterocycles. The molecule has 26 heavy (non-hydrogen) atoms. The minimum Gasteiger partial charge on any atom is -0.293 e. The van der Waals surface area contributed by atoms with Gasteiger partial charge in [-0.2, -0.15) is 0 Å². The van der Waals surface area contributed by atoms with Crippen LogP contribution >= 0.6 is 11.3 Å². The molecule has 2 heterocycles. The monoisotopic (exact) mass is 366 g/mol. The van der Waals surface area contributed by atoms with Crippen molar-refractivity contribution in [3.05, 3.63) is 75.1 Å². The third-order valence-corrected chi connectivity index (χ3v) is 5.84. The van der Waals surface area contributed by atoms with Gasteiger partial charge in [0.1, 0.15) is 17.3 Å². The zero-order valence-electron chi connectivity index (χ0n) is 14.5. The largest absolute Gasteiger partial charge is 0.293 e. The van der Waals surface area contributed by atoms with Crippen molar-refractivity contribution in [2.24, 2.45) is 0 Å². The molecule has 0 radical (unpaired) electrons. The first-order chi connectivity index (χ1) is 12.7. The fourth-order valence-electron chi connectivity index (χ4n) is 3.35. The number of hydrogen-bond acceptors (Lipinski definition) is 3. The van der Waals surface area contributed by atoms with Gasteiger partial charge in [-0.05, 0) is 28.8 Å². The van der Waals surface area contributed by atoms with Crippen molar-refractivity contribution < 1.29 is 4.39 Å². The van der Waals surface area contributed by atoms with E-state index in [4.69, 9.17) is 4.98 Å². The van der Waals surface area contributed by atoms with Gasteiger partial charge in [0.15, 0.2) is 0 Å². The van der Waals surface area contributed by atoms with Crippen LogP contribution in [0, 0.1) is 0 Å². The summed E-state index contributed by atoms with van der Waals surface area (Å²) in [7, 11) is 0. The quantitative estimate of drug-likeness (QED) is 0.512. The molecule has 0 saturated carbocycles. The molecule has 0 spiro atoms. The van der Waals surface area contributed by atoms with E-state index in [0.717, 1.165) is 32.5 Å². The molecular formula is C21H19FN2OS. The van der Waals surface area contributed by atoms with Crippen molar-refractivity contribution in [3.8, 4) is 0 Å². The second kappa shape index (κ2) is 7.00. The van der Waals surface area contributed by atoms with E-state index in [0.29, 0.717) is 17.6 Å². The summed E-state index contributed by atoms with van der Waals surface area (Å²) in [5, 5.41) is 2.88. The van der Waals surface area contributed by atoms with E-state index in [1.807, 2.05) is 30.3 Å². The lowest BCUT2D eigenvalue weighted by molar-refractivity contribution is 0.433. The van der Waals surface area contributed by atoms with Gasteiger partial charge in [0.25, 0.3) is 5.56 Å². The van der Waals surface area contributed by atoms with E-state index in [1.54, 1.807) is 11.3 Å². The van der Waals surface area contributed by atoms with Crippen molar-refractivity contribution in [2.75, 3.05) is 6.67 Å². The normalized spacial score (nSPS) is 11.5. The molecule has 0 bridgehead atoms. The lowest BCUT2D eigenvalue weighted by Gasteiger charge is -2.12. The maximum Gasteiger partial charge on any atom is 0.262 e. The maximum absolute atomic E-state index is 13.1. The molecule has 4 aromatic rings. The molecule has 0 unspecified atom stereocenters. The van der Waals surface area contributed by atoms with Crippen molar-refractivity contribution in [1.82, 2.24) is 9.55 Å². The first kappa shape index (κ1) is 16.9. The van der Waals surface area contributed by atoms with Crippen LogP contribution in [0.4, 0.5) is 4.39 Å². The van der Waals surface area contributed by atoms with E-state index in [9.17, 15) is 9.18 Å². The van der Waals surface area contributed by atoms with Crippen LogP contribution in [-0.4, -0.2) is 16.2 Å². The first-order valence-corrected chi connectivity index (χ1v) is 9.57. The summed E-state index contributed by atoms with van der Waals surface area (Å²) in [4.78, 5) is 19.5. The third-order valence-electron chi connectivity index (χ3n) is 4.67. The highest BCUT2D eigenvalue weighted by Gasteiger charge is 2.15. The molecule has 0 aliphatic rings. The molecule has 2 aromatic carbocycles. The number of halogens is 1. The molecule has 0 atom stereocenters. The van der Waals surface area contributed by atoms with Crippen LogP contribution in [0.1, 0.15) is 23.2 Å². The predicted molar refractivity (Wildman–Crippen MR) is 106 cm³/mol. The molecule has 0 fully saturated rings. The average Bonchev–Trinajstić information content (AvgIpc) is 3.09. The van der Waals surface area contributed by atoms with Crippen molar-refractivity contribution >= 4 is 32.3 Å². The van der Waals surface area contributed by atoms with Crippen LogP contribution in [-0.2, 0) is 19.4 Å². The molecule has 0 saturated heterocycles. The van der Waals surface area contributed by atoms with Crippen LogP contribution in [0.3, 0.4) is 0 Å². The van der Waals surface area contributed by atoms with Crippen LogP contribution < -0.4 is 5.56 Å².